The molecule has 2 amide bonds. The molecule has 0 bridgehead atoms. The van der Waals surface area contributed by atoms with Crippen molar-refractivity contribution in [3.63, 3.8) is 0 Å². The third-order valence-electron chi connectivity index (χ3n) is 6.67. The Labute approximate surface area is 232 Å². The standard InChI is InChI=1S/C25H22F6N6O3S/c1-36-18-5-2-13(21(39)32-12-20(38)37-8-6-14(7-9-37)24(26,27)28)10-17(18)33-22(36)35-23-34-16-4-3-15(11-19(16)41-23)40-25(29,30)31/h2-5,10-11,14H,6-9,12H2,1H3,(H,32,39)(H,33,34,35). The van der Waals surface area contributed by atoms with Crippen LogP contribution < -0.4 is 15.4 Å². The van der Waals surface area contributed by atoms with Gasteiger partial charge < -0.3 is 24.8 Å². The van der Waals surface area contributed by atoms with E-state index < -0.39 is 30.3 Å². The number of amides is 2. The molecule has 3 heterocycles. The van der Waals surface area contributed by atoms with E-state index in [1.807, 2.05) is 0 Å². The number of aromatic nitrogens is 3. The molecule has 0 radical (unpaired) electrons. The van der Waals surface area contributed by atoms with Crippen molar-refractivity contribution in [1.29, 1.82) is 0 Å². The van der Waals surface area contributed by atoms with Gasteiger partial charge in [0.1, 0.15) is 5.75 Å². The number of hydrogen-bond acceptors (Lipinski definition) is 7. The van der Waals surface area contributed by atoms with Gasteiger partial charge in [-0.05, 0) is 43.2 Å². The Kier molecular flexibility index (Phi) is 7.44. The van der Waals surface area contributed by atoms with Gasteiger partial charge in [0, 0.05) is 31.8 Å². The van der Waals surface area contributed by atoms with Crippen molar-refractivity contribution in [2.45, 2.75) is 25.4 Å². The van der Waals surface area contributed by atoms with Crippen molar-refractivity contribution < 1.29 is 40.7 Å². The van der Waals surface area contributed by atoms with Gasteiger partial charge in [-0.2, -0.15) is 13.2 Å². The second kappa shape index (κ2) is 10.7. The largest absolute Gasteiger partial charge is 0.573 e. The van der Waals surface area contributed by atoms with Gasteiger partial charge in [-0.15, -0.1) is 13.2 Å². The molecule has 16 heteroatoms. The molecule has 5 rings (SSSR count). The number of likely N-dealkylation sites (tertiary alicyclic amines) is 1. The van der Waals surface area contributed by atoms with E-state index in [-0.39, 0.29) is 43.8 Å². The first-order chi connectivity index (χ1) is 19.3. The van der Waals surface area contributed by atoms with Crippen LogP contribution in [0.3, 0.4) is 0 Å². The van der Waals surface area contributed by atoms with E-state index in [2.05, 4.69) is 25.3 Å². The summed E-state index contributed by atoms with van der Waals surface area (Å²) < 4.78 is 82.3. The Morgan fingerprint density at radius 3 is 2.44 bits per heavy atom. The lowest BCUT2D eigenvalue weighted by atomic mass is 9.96. The van der Waals surface area contributed by atoms with Crippen LogP contribution in [-0.4, -0.2) is 63.4 Å². The molecular formula is C25H22F6N6O3S. The van der Waals surface area contributed by atoms with Crippen molar-refractivity contribution in [2.75, 3.05) is 25.0 Å². The minimum atomic E-state index is -4.81. The summed E-state index contributed by atoms with van der Waals surface area (Å²) in [6.07, 6.45) is -9.42. The third kappa shape index (κ3) is 6.47. The van der Waals surface area contributed by atoms with Gasteiger partial charge in [-0.3, -0.25) is 9.59 Å². The van der Waals surface area contributed by atoms with Crippen molar-refractivity contribution >= 4 is 55.5 Å². The molecular weight excluding hydrogens is 578 g/mol. The van der Waals surface area contributed by atoms with Crippen molar-refractivity contribution in [2.24, 2.45) is 13.0 Å². The first kappa shape index (κ1) is 28.4. The molecule has 0 saturated carbocycles. The SMILES string of the molecule is Cn1c(Nc2nc3ccc(OC(F)(F)F)cc3s2)nc2cc(C(=O)NCC(=O)N3CCC(C(F)(F)F)CC3)ccc21. The number of carbonyl (C=O) groups is 2. The quantitative estimate of drug-likeness (QED) is 0.289. The summed E-state index contributed by atoms with van der Waals surface area (Å²) in [6.45, 7) is -0.396. The highest BCUT2D eigenvalue weighted by Gasteiger charge is 2.41. The van der Waals surface area contributed by atoms with Crippen molar-refractivity contribution in [3.05, 3.63) is 42.0 Å². The van der Waals surface area contributed by atoms with Crippen LogP contribution in [0.15, 0.2) is 36.4 Å². The minimum Gasteiger partial charge on any atom is -0.406 e. The van der Waals surface area contributed by atoms with E-state index in [1.165, 1.54) is 29.2 Å². The maximum absolute atomic E-state index is 12.9. The molecule has 4 aromatic rings. The number of fused-ring (bicyclic) bond motifs is 2. The van der Waals surface area contributed by atoms with Crippen LogP contribution in [0.4, 0.5) is 37.4 Å². The number of halogens is 6. The zero-order valence-corrected chi connectivity index (χ0v) is 22.1. The van der Waals surface area contributed by atoms with Gasteiger partial charge in [0.2, 0.25) is 11.9 Å². The number of ether oxygens (including phenoxy) is 1. The van der Waals surface area contributed by atoms with Crippen molar-refractivity contribution in [3.8, 4) is 5.75 Å². The van der Waals surface area contributed by atoms with Crippen LogP contribution in [0.2, 0.25) is 0 Å². The summed E-state index contributed by atoms with van der Waals surface area (Å²) in [5, 5.41) is 5.91. The number of aryl methyl sites for hydroxylation is 1. The van der Waals surface area contributed by atoms with E-state index in [0.29, 0.717) is 32.3 Å². The summed E-state index contributed by atoms with van der Waals surface area (Å²) in [5.41, 5.74) is 1.80. The monoisotopic (exact) mass is 600 g/mol. The number of hydrogen-bond donors (Lipinski definition) is 2. The molecule has 2 aromatic carbocycles. The fraction of sp³-hybridized carbons (Fsp3) is 0.360. The smallest absolute Gasteiger partial charge is 0.406 e. The first-order valence-electron chi connectivity index (χ1n) is 12.3. The van der Waals surface area contributed by atoms with Gasteiger partial charge >= 0.3 is 12.5 Å². The van der Waals surface area contributed by atoms with Gasteiger partial charge in [0.05, 0.1) is 33.7 Å². The van der Waals surface area contributed by atoms with Crippen molar-refractivity contribution in [1.82, 2.24) is 24.8 Å². The third-order valence-corrected chi connectivity index (χ3v) is 7.60. The Balaban J connectivity index is 1.23. The highest BCUT2D eigenvalue weighted by Crippen LogP contribution is 2.35. The molecule has 0 aliphatic carbocycles. The number of nitrogens with zero attached hydrogens (tertiary/aromatic N) is 4. The molecule has 0 atom stereocenters. The number of piperidine rings is 1. The van der Waals surface area contributed by atoms with Gasteiger partial charge in [-0.25, -0.2) is 9.97 Å². The number of nitrogens with one attached hydrogen (secondary N) is 2. The zero-order chi connectivity index (χ0) is 29.5. The molecule has 2 N–H and O–H groups in total. The number of benzene rings is 2. The van der Waals surface area contributed by atoms with Crippen LogP contribution in [0.5, 0.6) is 5.75 Å². The lowest BCUT2D eigenvalue weighted by Crippen LogP contribution is -2.46. The lowest BCUT2D eigenvalue weighted by molar-refractivity contribution is -0.274. The molecule has 0 unspecified atom stereocenters. The van der Waals surface area contributed by atoms with Crippen LogP contribution in [0, 0.1) is 5.92 Å². The summed E-state index contributed by atoms with van der Waals surface area (Å²) in [4.78, 5) is 35.3. The normalized spacial score (nSPS) is 15.0. The first-order valence-corrected chi connectivity index (χ1v) is 13.1. The maximum atomic E-state index is 12.9. The fourth-order valence-electron chi connectivity index (χ4n) is 4.53. The second-order valence-corrected chi connectivity index (χ2v) is 10.4. The molecule has 1 aliphatic rings. The van der Waals surface area contributed by atoms with Crippen LogP contribution >= 0.6 is 11.3 Å². The fourth-order valence-corrected chi connectivity index (χ4v) is 5.42. The average molecular weight is 601 g/mol. The van der Waals surface area contributed by atoms with Crippen LogP contribution in [-0.2, 0) is 11.8 Å². The Hall–Kier alpha value is -4.08. The Morgan fingerprint density at radius 2 is 1.76 bits per heavy atom. The van der Waals surface area contributed by atoms with Gasteiger partial charge in [-0.1, -0.05) is 11.3 Å². The average Bonchev–Trinajstić information content (AvgIpc) is 3.44. The number of anilines is 2. The minimum absolute atomic E-state index is 0.0221. The highest BCUT2D eigenvalue weighted by atomic mass is 32.1. The second-order valence-electron chi connectivity index (χ2n) is 9.40. The van der Waals surface area contributed by atoms with E-state index in [0.717, 1.165) is 11.3 Å². The van der Waals surface area contributed by atoms with E-state index in [4.69, 9.17) is 0 Å². The topological polar surface area (TPSA) is 101 Å². The van der Waals surface area contributed by atoms with Crippen LogP contribution in [0.25, 0.3) is 21.3 Å². The molecule has 1 saturated heterocycles. The molecule has 218 valence electrons. The number of alkyl halides is 6. The molecule has 0 spiro atoms. The molecule has 41 heavy (non-hydrogen) atoms. The van der Waals surface area contributed by atoms with Crippen LogP contribution in [0.1, 0.15) is 23.2 Å². The zero-order valence-electron chi connectivity index (χ0n) is 21.3. The number of thiazole rings is 1. The van der Waals surface area contributed by atoms with E-state index in [9.17, 15) is 35.9 Å². The van der Waals surface area contributed by atoms with Gasteiger partial charge in [0.15, 0.2) is 5.13 Å². The highest BCUT2D eigenvalue weighted by molar-refractivity contribution is 7.22. The molecule has 1 aliphatic heterocycles. The number of carbonyl (C=O) groups excluding carboxylic acids is 2. The predicted molar refractivity (Wildman–Crippen MR) is 138 cm³/mol. The van der Waals surface area contributed by atoms with E-state index in [1.54, 1.807) is 23.7 Å². The molecule has 9 nitrogen and oxygen atoms in total. The Morgan fingerprint density at radius 1 is 1.02 bits per heavy atom. The maximum Gasteiger partial charge on any atom is 0.573 e. The summed E-state index contributed by atoms with van der Waals surface area (Å²) in [6, 6.07) is 8.54. The summed E-state index contributed by atoms with van der Waals surface area (Å²) in [7, 11) is 1.72. The number of imidazole rings is 1. The summed E-state index contributed by atoms with van der Waals surface area (Å²) >= 11 is 1.10. The molecule has 1 fully saturated rings. The number of rotatable bonds is 6. The van der Waals surface area contributed by atoms with Gasteiger partial charge in [0.25, 0.3) is 5.91 Å². The summed E-state index contributed by atoms with van der Waals surface area (Å²) in [5.74, 6) is -2.43. The Bertz CT molecular complexity index is 1610. The van der Waals surface area contributed by atoms with E-state index >= 15 is 0 Å². The molecule has 2 aromatic heterocycles. The predicted octanol–water partition coefficient (Wildman–Crippen LogP) is 5.36. The lowest BCUT2D eigenvalue weighted by Gasteiger charge is -2.33.